The van der Waals surface area contributed by atoms with Gasteiger partial charge in [-0.05, 0) is 12.1 Å². The summed E-state index contributed by atoms with van der Waals surface area (Å²) in [4.78, 5) is 7.87. The molecule has 1 saturated heterocycles. The number of nitrogens with zero attached hydrogens (tertiary/aromatic N) is 1. The largest absolute Gasteiger partial charge is 0.486 e. The van der Waals surface area contributed by atoms with Crippen molar-refractivity contribution in [2.75, 3.05) is 13.2 Å². The number of hydrogen-bond donors (Lipinski definition) is 1. The summed E-state index contributed by atoms with van der Waals surface area (Å²) in [5.74, 6) is 2.29. The Hall–Kier alpha value is -1.55. The van der Waals surface area contributed by atoms with Gasteiger partial charge in [-0.15, -0.1) is 0 Å². The Morgan fingerprint density at radius 3 is 2.88 bits per heavy atom. The molecule has 1 aromatic carbocycles. The summed E-state index contributed by atoms with van der Waals surface area (Å²) in [5, 5.41) is 0. The third kappa shape index (κ3) is 2.00. The molecule has 0 atom stereocenters. The van der Waals surface area contributed by atoms with Crippen molar-refractivity contribution in [2.24, 2.45) is 0 Å². The van der Waals surface area contributed by atoms with Gasteiger partial charge in [0.1, 0.15) is 17.7 Å². The molecule has 1 aliphatic heterocycles. The Bertz CT molecular complexity index is 529. The molecule has 17 heavy (non-hydrogen) atoms. The van der Waals surface area contributed by atoms with E-state index in [0.717, 1.165) is 22.6 Å². The lowest BCUT2D eigenvalue weighted by atomic mass is 10.2. The number of H-pyrrole nitrogens is 1. The van der Waals surface area contributed by atoms with Crippen molar-refractivity contribution in [2.45, 2.75) is 25.9 Å². The zero-order chi connectivity index (χ0) is 11.8. The smallest absolute Gasteiger partial charge is 0.145 e. The lowest BCUT2D eigenvalue weighted by Gasteiger charge is -2.26. The van der Waals surface area contributed by atoms with Crippen LogP contribution in [0.1, 0.15) is 25.6 Å². The second-order valence-corrected chi connectivity index (χ2v) is 4.73. The van der Waals surface area contributed by atoms with Crippen molar-refractivity contribution < 1.29 is 9.47 Å². The summed E-state index contributed by atoms with van der Waals surface area (Å²) >= 11 is 0. The van der Waals surface area contributed by atoms with E-state index in [4.69, 9.17) is 9.47 Å². The minimum atomic E-state index is 0.205. The summed E-state index contributed by atoms with van der Waals surface area (Å²) in [6, 6.07) is 5.97. The van der Waals surface area contributed by atoms with E-state index in [-0.39, 0.29) is 6.10 Å². The molecule has 4 heteroatoms. The summed E-state index contributed by atoms with van der Waals surface area (Å²) in [6.45, 7) is 5.63. The van der Waals surface area contributed by atoms with Gasteiger partial charge in [0, 0.05) is 12.0 Å². The van der Waals surface area contributed by atoms with Gasteiger partial charge in [0.2, 0.25) is 0 Å². The quantitative estimate of drug-likeness (QED) is 0.884. The summed E-state index contributed by atoms with van der Waals surface area (Å²) in [6.07, 6.45) is 0.205. The van der Waals surface area contributed by atoms with E-state index < -0.39 is 0 Å². The highest BCUT2D eigenvalue weighted by molar-refractivity contribution is 5.76. The number of nitrogens with one attached hydrogen (secondary N) is 1. The van der Waals surface area contributed by atoms with Gasteiger partial charge >= 0.3 is 0 Å². The highest BCUT2D eigenvalue weighted by Gasteiger charge is 2.20. The highest BCUT2D eigenvalue weighted by atomic mass is 16.6. The van der Waals surface area contributed by atoms with Gasteiger partial charge in [-0.3, -0.25) is 0 Å². The maximum Gasteiger partial charge on any atom is 0.145 e. The van der Waals surface area contributed by atoms with Gasteiger partial charge in [0.25, 0.3) is 0 Å². The molecule has 1 aliphatic rings. The third-order valence-corrected chi connectivity index (χ3v) is 2.93. The van der Waals surface area contributed by atoms with Gasteiger partial charge in [0.15, 0.2) is 0 Å². The van der Waals surface area contributed by atoms with Crippen molar-refractivity contribution in [3.8, 4) is 5.75 Å². The van der Waals surface area contributed by atoms with E-state index in [2.05, 4.69) is 23.8 Å². The van der Waals surface area contributed by atoms with Crippen LogP contribution in [0.15, 0.2) is 18.2 Å². The zero-order valence-corrected chi connectivity index (χ0v) is 10.1. The molecule has 3 rings (SSSR count). The van der Waals surface area contributed by atoms with Gasteiger partial charge in [-0.1, -0.05) is 13.8 Å². The molecule has 0 unspecified atom stereocenters. The molecule has 4 nitrogen and oxygen atoms in total. The number of rotatable bonds is 3. The molecule has 1 N–H and O–H groups in total. The van der Waals surface area contributed by atoms with Crippen LogP contribution in [0.2, 0.25) is 0 Å². The van der Waals surface area contributed by atoms with Crippen LogP contribution in [-0.2, 0) is 4.74 Å². The first-order valence-corrected chi connectivity index (χ1v) is 5.96. The minimum absolute atomic E-state index is 0.205. The predicted octanol–water partition coefficient (Wildman–Crippen LogP) is 2.46. The summed E-state index contributed by atoms with van der Waals surface area (Å²) in [7, 11) is 0. The molecule has 90 valence electrons. The first kappa shape index (κ1) is 10.6. The van der Waals surface area contributed by atoms with Crippen LogP contribution in [0.4, 0.5) is 0 Å². The molecule has 0 spiro atoms. The molecule has 2 aromatic rings. The third-order valence-electron chi connectivity index (χ3n) is 2.93. The van der Waals surface area contributed by atoms with Gasteiger partial charge < -0.3 is 14.5 Å². The number of benzene rings is 1. The van der Waals surface area contributed by atoms with Crippen LogP contribution in [0, 0.1) is 0 Å². The number of hydrogen-bond acceptors (Lipinski definition) is 3. The number of fused-ring (bicyclic) bond motifs is 1. The Morgan fingerprint density at radius 2 is 2.24 bits per heavy atom. The molecular weight excluding hydrogens is 216 g/mol. The highest BCUT2D eigenvalue weighted by Crippen LogP contribution is 2.23. The van der Waals surface area contributed by atoms with Crippen molar-refractivity contribution in [3.05, 3.63) is 24.0 Å². The predicted molar refractivity (Wildman–Crippen MR) is 65.4 cm³/mol. The lowest BCUT2D eigenvalue weighted by Crippen LogP contribution is -2.38. The Morgan fingerprint density at radius 1 is 1.41 bits per heavy atom. The SMILES string of the molecule is CC(C)c1nc2cc(OC3COC3)ccc2[nH]1. The van der Waals surface area contributed by atoms with Crippen molar-refractivity contribution >= 4 is 11.0 Å². The molecule has 2 heterocycles. The molecule has 1 aromatic heterocycles. The monoisotopic (exact) mass is 232 g/mol. The van der Waals surface area contributed by atoms with E-state index in [9.17, 15) is 0 Å². The van der Waals surface area contributed by atoms with Crippen LogP contribution in [-0.4, -0.2) is 29.3 Å². The van der Waals surface area contributed by atoms with Crippen molar-refractivity contribution in [1.29, 1.82) is 0 Å². The van der Waals surface area contributed by atoms with Crippen molar-refractivity contribution in [3.63, 3.8) is 0 Å². The van der Waals surface area contributed by atoms with E-state index in [1.54, 1.807) is 0 Å². The molecule has 0 bridgehead atoms. The molecule has 0 radical (unpaired) electrons. The van der Waals surface area contributed by atoms with Crippen molar-refractivity contribution in [1.82, 2.24) is 9.97 Å². The van der Waals surface area contributed by atoms with Crippen LogP contribution in [0.25, 0.3) is 11.0 Å². The van der Waals surface area contributed by atoms with Crippen LogP contribution < -0.4 is 4.74 Å². The first-order chi connectivity index (χ1) is 8.22. The van der Waals surface area contributed by atoms with E-state index >= 15 is 0 Å². The fourth-order valence-corrected chi connectivity index (χ4v) is 1.83. The maximum atomic E-state index is 5.75. The average Bonchev–Trinajstić information content (AvgIpc) is 2.66. The topological polar surface area (TPSA) is 47.1 Å². The second-order valence-electron chi connectivity index (χ2n) is 4.73. The van der Waals surface area contributed by atoms with Crippen LogP contribution in [0.5, 0.6) is 5.75 Å². The normalized spacial score (nSPS) is 16.4. The number of aromatic nitrogens is 2. The van der Waals surface area contributed by atoms with E-state index in [1.165, 1.54) is 0 Å². The van der Waals surface area contributed by atoms with Gasteiger partial charge in [-0.25, -0.2) is 4.98 Å². The van der Waals surface area contributed by atoms with Crippen LogP contribution >= 0.6 is 0 Å². The second kappa shape index (κ2) is 4.04. The minimum Gasteiger partial charge on any atom is -0.486 e. The maximum absolute atomic E-state index is 5.75. The molecular formula is C13H16N2O2. The van der Waals surface area contributed by atoms with E-state index in [1.807, 2.05) is 18.2 Å². The first-order valence-electron chi connectivity index (χ1n) is 5.96. The van der Waals surface area contributed by atoms with E-state index in [0.29, 0.717) is 19.1 Å². The standard InChI is InChI=1S/C13H16N2O2/c1-8(2)13-14-11-4-3-9(5-12(11)15-13)17-10-6-16-7-10/h3-5,8,10H,6-7H2,1-2H3,(H,14,15). The number of ether oxygens (including phenoxy) is 2. The Kier molecular flexibility index (Phi) is 2.52. The summed E-state index contributed by atoms with van der Waals surface area (Å²) < 4.78 is 10.8. The molecule has 0 aliphatic carbocycles. The fraction of sp³-hybridized carbons (Fsp3) is 0.462. The fourth-order valence-electron chi connectivity index (χ4n) is 1.83. The Balaban J connectivity index is 1.89. The van der Waals surface area contributed by atoms with Gasteiger partial charge in [0.05, 0.1) is 24.2 Å². The lowest BCUT2D eigenvalue weighted by molar-refractivity contribution is -0.0796. The molecule has 0 saturated carbocycles. The van der Waals surface area contributed by atoms with Crippen LogP contribution in [0.3, 0.4) is 0 Å². The summed E-state index contributed by atoms with van der Waals surface area (Å²) in [5.41, 5.74) is 2.03. The average molecular weight is 232 g/mol. The number of aromatic amines is 1. The zero-order valence-electron chi connectivity index (χ0n) is 10.1. The molecule has 1 fully saturated rings. The Labute approximate surface area is 100.0 Å². The number of imidazole rings is 1. The van der Waals surface area contributed by atoms with Gasteiger partial charge in [-0.2, -0.15) is 0 Å². The molecule has 0 amide bonds.